The van der Waals surface area contributed by atoms with Gasteiger partial charge in [0.05, 0.1) is 10.9 Å². The number of likely N-dealkylation sites (tertiary alicyclic amines) is 1. The molecule has 2 aromatic heterocycles. The van der Waals surface area contributed by atoms with Gasteiger partial charge in [-0.1, -0.05) is 6.07 Å². The van der Waals surface area contributed by atoms with Gasteiger partial charge in [0.1, 0.15) is 0 Å². The molecule has 0 spiro atoms. The van der Waals surface area contributed by atoms with Crippen LogP contribution in [0.2, 0.25) is 0 Å². The third kappa shape index (κ3) is 2.23. The number of rotatable bonds is 2. The fourth-order valence-corrected chi connectivity index (χ4v) is 3.42. The Labute approximate surface area is 119 Å². The van der Waals surface area contributed by atoms with Gasteiger partial charge in [-0.3, -0.25) is 14.5 Å². The van der Waals surface area contributed by atoms with E-state index in [4.69, 9.17) is 12.2 Å². The molecular weight excluding hydrogens is 280 g/mol. The molecule has 3 rings (SSSR count). The number of carbonyl (C=O) groups is 1. The zero-order chi connectivity index (χ0) is 13.4. The van der Waals surface area contributed by atoms with Gasteiger partial charge in [-0.15, -0.1) is 11.3 Å². The number of nitrogens with zero attached hydrogens (tertiary/aromatic N) is 3. The number of H-pyrrole nitrogens is 1. The number of hydrogen-bond donors (Lipinski definition) is 1. The van der Waals surface area contributed by atoms with E-state index >= 15 is 0 Å². The second-order valence-corrected chi connectivity index (χ2v) is 6.00. The van der Waals surface area contributed by atoms with Gasteiger partial charge in [0.2, 0.25) is 5.91 Å². The summed E-state index contributed by atoms with van der Waals surface area (Å²) in [5, 5.41) is 9.22. The van der Waals surface area contributed by atoms with Crippen LogP contribution in [0, 0.1) is 4.77 Å². The van der Waals surface area contributed by atoms with Crippen molar-refractivity contribution in [3.63, 3.8) is 0 Å². The molecule has 0 saturated carbocycles. The number of carbonyl (C=O) groups excluding carboxylic acids is 1. The quantitative estimate of drug-likeness (QED) is 0.866. The smallest absolute Gasteiger partial charge is 0.222 e. The maximum atomic E-state index is 11.6. The van der Waals surface area contributed by atoms with Gasteiger partial charge in [-0.25, -0.2) is 0 Å². The van der Waals surface area contributed by atoms with Crippen LogP contribution >= 0.6 is 23.6 Å². The Hall–Kier alpha value is -1.47. The van der Waals surface area contributed by atoms with Crippen LogP contribution in [0.3, 0.4) is 0 Å². The summed E-state index contributed by atoms with van der Waals surface area (Å²) in [7, 11) is 1.84. The van der Waals surface area contributed by atoms with Crippen molar-refractivity contribution in [2.45, 2.75) is 18.9 Å². The van der Waals surface area contributed by atoms with Crippen molar-refractivity contribution in [3.8, 4) is 10.7 Å². The first-order valence-corrected chi connectivity index (χ1v) is 7.40. The molecule has 1 N–H and O–H groups in total. The molecule has 1 amide bonds. The minimum absolute atomic E-state index is 0.198. The van der Waals surface area contributed by atoms with E-state index in [1.807, 2.05) is 29.1 Å². The first-order chi connectivity index (χ1) is 9.16. The minimum Gasteiger partial charge on any atom is -0.344 e. The zero-order valence-corrected chi connectivity index (χ0v) is 12.1. The highest BCUT2D eigenvalue weighted by atomic mass is 32.1. The average Bonchev–Trinajstić information content (AvgIpc) is 3.01. The lowest BCUT2D eigenvalue weighted by molar-refractivity contribution is -0.132. The number of aromatic nitrogens is 3. The fourth-order valence-electron chi connectivity index (χ4n) is 2.42. The molecule has 0 aliphatic carbocycles. The fraction of sp³-hybridized carbons (Fsp3) is 0.417. The zero-order valence-electron chi connectivity index (χ0n) is 10.5. The molecule has 1 atom stereocenters. The van der Waals surface area contributed by atoms with Crippen molar-refractivity contribution in [3.05, 3.63) is 22.3 Å². The van der Waals surface area contributed by atoms with Gasteiger partial charge in [0, 0.05) is 20.0 Å². The van der Waals surface area contributed by atoms with Gasteiger partial charge in [0.15, 0.2) is 10.6 Å². The van der Waals surface area contributed by atoms with E-state index in [-0.39, 0.29) is 11.9 Å². The molecular formula is C12H14N4OS2. The molecule has 1 fully saturated rings. The highest BCUT2D eigenvalue weighted by Gasteiger charge is 2.27. The Morgan fingerprint density at radius 3 is 3.11 bits per heavy atom. The van der Waals surface area contributed by atoms with Crippen molar-refractivity contribution < 1.29 is 4.79 Å². The molecule has 100 valence electrons. The van der Waals surface area contributed by atoms with Gasteiger partial charge in [0.25, 0.3) is 0 Å². The van der Waals surface area contributed by atoms with E-state index in [9.17, 15) is 4.79 Å². The first-order valence-electron chi connectivity index (χ1n) is 6.11. The number of amides is 1. The van der Waals surface area contributed by atoms with Gasteiger partial charge in [-0.05, 0) is 30.1 Å². The van der Waals surface area contributed by atoms with Crippen molar-refractivity contribution in [2.75, 3.05) is 13.6 Å². The van der Waals surface area contributed by atoms with Crippen LogP contribution in [-0.4, -0.2) is 39.2 Å². The molecule has 1 unspecified atom stereocenters. The topological polar surface area (TPSA) is 53.9 Å². The normalized spacial score (nSPS) is 19.9. The summed E-state index contributed by atoms with van der Waals surface area (Å²) in [6, 6.07) is 4.23. The van der Waals surface area contributed by atoms with Crippen molar-refractivity contribution in [1.82, 2.24) is 19.7 Å². The van der Waals surface area contributed by atoms with E-state index in [2.05, 4.69) is 10.2 Å². The van der Waals surface area contributed by atoms with E-state index < -0.39 is 0 Å². The lowest BCUT2D eigenvalue weighted by atomic mass is 10.1. The average molecular weight is 294 g/mol. The molecule has 0 bridgehead atoms. The standard InChI is InChI=1S/C12H14N4OS2/c1-15-7-8(4-5-10(15)17)16-11(13-14-12(16)18)9-3-2-6-19-9/h2-3,6,8H,4-5,7H2,1H3,(H,14,18). The molecule has 1 aliphatic rings. The predicted molar refractivity (Wildman–Crippen MR) is 76.6 cm³/mol. The number of likely N-dealkylation sites (N-methyl/N-ethyl adjacent to an activating group) is 1. The Morgan fingerprint density at radius 1 is 1.58 bits per heavy atom. The highest BCUT2D eigenvalue weighted by Crippen LogP contribution is 2.29. The maximum Gasteiger partial charge on any atom is 0.222 e. The van der Waals surface area contributed by atoms with Crippen LogP contribution in [0.5, 0.6) is 0 Å². The number of nitrogens with one attached hydrogen (secondary N) is 1. The van der Waals surface area contributed by atoms with Crippen LogP contribution in [0.4, 0.5) is 0 Å². The Balaban J connectivity index is 1.99. The van der Waals surface area contributed by atoms with E-state index in [1.54, 1.807) is 16.2 Å². The van der Waals surface area contributed by atoms with E-state index in [0.29, 0.717) is 17.7 Å². The van der Waals surface area contributed by atoms with Crippen LogP contribution in [0.15, 0.2) is 17.5 Å². The Kier molecular flexibility index (Phi) is 3.24. The Bertz CT molecular complexity index is 643. The van der Waals surface area contributed by atoms with Crippen LogP contribution < -0.4 is 0 Å². The number of thiophene rings is 1. The summed E-state index contributed by atoms with van der Waals surface area (Å²) in [4.78, 5) is 14.4. The molecule has 7 heteroatoms. The molecule has 3 heterocycles. The molecule has 1 aliphatic heterocycles. The number of hydrogen-bond acceptors (Lipinski definition) is 4. The number of aromatic amines is 1. The van der Waals surface area contributed by atoms with Gasteiger partial charge < -0.3 is 4.90 Å². The summed E-state index contributed by atoms with van der Waals surface area (Å²) >= 11 is 6.98. The molecule has 5 nitrogen and oxygen atoms in total. The third-order valence-electron chi connectivity index (χ3n) is 3.41. The first kappa shape index (κ1) is 12.6. The second-order valence-electron chi connectivity index (χ2n) is 4.67. The van der Waals surface area contributed by atoms with E-state index in [1.165, 1.54) is 0 Å². The monoisotopic (exact) mass is 294 g/mol. The number of piperidine rings is 1. The maximum absolute atomic E-state index is 11.6. The molecule has 2 aromatic rings. The Morgan fingerprint density at radius 2 is 2.42 bits per heavy atom. The largest absolute Gasteiger partial charge is 0.344 e. The van der Waals surface area contributed by atoms with E-state index in [0.717, 1.165) is 17.1 Å². The summed E-state index contributed by atoms with van der Waals surface area (Å²) in [5.74, 6) is 1.07. The van der Waals surface area contributed by atoms with Crippen LogP contribution in [0.25, 0.3) is 10.7 Å². The SMILES string of the molecule is CN1CC(n2c(-c3cccs3)n[nH]c2=S)CCC1=O. The summed E-state index contributed by atoms with van der Waals surface area (Å²) in [6.07, 6.45) is 1.38. The van der Waals surface area contributed by atoms with Crippen molar-refractivity contribution in [1.29, 1.82) is 0 Å². The van der Waals surface area contributed by atoms with Crippen molar-refractivity contribution in [2.24, 2.45) is 0 Å². The molecule has 0 aromatic carbocycles. The van der Waals surface area contributed by atoms with Crippen LogP contribution in [-0.2, 0) is 4.79 Å². The highest BCUT2D eigenvalue weighted by molar-refractivity contribution is 7.71. The van der Waals surface area contributed by atoms with Crippen molar-refractivity contribution >= 4 is 29.5 Å². The summed E-state index contributed by atoms with van der Waals surface area (Å²) in [6.45, 7) is 0.686. The second kappa shape index (κ2) is 4.90. The van der Waals surface area contributed by atoms with Gasteiger partial charge in [-0.2, -0.15) is 5.10 Å². The summed E-state index contributed by atoms with van der Waals surface area (Å²) in [5.41, 5.74) is 0. The minimum atomic E-state index is 0.198. The molecule has 0 radical (unpaired) electrons. The summed E-state index contributed by atoms with van der Waals surface area (Å²) < 4.78 is 2.67. The lowest BCUT2D eigenvalue weighted by Gasteiger charge is -2.30. The van der Waals surface area contributed by atoms with Gasteiger partial charge >= 0.3 is 0 Å². The van der Waals surface area contributed by atoms with Crippen LogP contribution in [0.1, 0.15) is 18.9 Å². The third-order valence-corrected chi connectivity index (χ3v) is 4.57. The lowest BCUT2D eigenvalue weighted by Crippen LogP contribution is -2.38. The predicted octanol–water partition coefficient (Wildman–Crippen LogP) is 2.46. The molecule has 1 saturated heterocycles. The molecule has 19 heavy (non-hydrogen) atoms.